The molecule has 1 amide bonds. The van der Waals surface area contributed by atoms with Gasteiger partial charge in [-0.05, 0) is 55.3 Å². The molecule has 1 aliphatic rings. The average molecular weight is 350 g/mol. The first kappa shape index (κ1) is 17.3. The summed E-state index contributed by atoms with van der Waals surface area (Å²) in [7, 11) is 0. The SMILES string of the molecule is O=C(Nc1ccc(Nc2cccc(C(F)(F)F)c2)cc1)C1CCCO1. The molecule has 25 heavy (non-hydrogen) atoms. The molecule has 1 atom stereocenters. The lowest BCUT2D eigenvalue weighted by atomic mass is 10.2. The van der Waals surface area contributed by atoms with Crippen molar-refractivity contribution in [2.75, 3.05) is 17.2 Å². The van der Waals surface area contributed by atoms with Crippen LogP contribution in [0.2, 0.25) is 0 Å². The number of alkyl halides is 3. The third-order valence-electron chi connectivity index (χ3n) is 3.85. The number of hydrogen-bond donors (Lipinski definition) is 2. The number of ether oxygens (including phenoxy) is 1. The molecule has 2 aromatic carbocycles. The van der Waals surface area contributed by atoms with Crippen molar-refractivity contribution >= 4 is 23.0 Å². The standard InChI is InChI=1S/C18H17F3N2O2/c19-18(20,21)12-3-1-4-15(11-12)22-13-6-8-14(9-7-13)23-17(24)16-5-2-10-25-16/h1,3-4,6-9,11,16,22H,2,5,10H2,(H,23,24). The van der Waals surface area contributed by atoms with E-state index in [9.17, 15) is 18.0 Å². The topological polar surface area (TPSA) is 50.4 Å². The molecule has 7 heteroatoms. The highest BCUT2D eigenvalue weighted by atomic mass is 19.4. The molecule has 1 fully saturated rings. The van der Waals surface area contributed by atoms with E-state index >= 15 is 0 Å². The molecule has 1 saturated heterocycles. The minimum absolute atomic E-state index is 0.184. The number of amides is 1. The lowest BCUT2D eigenvalue weighted by Gasteiger charge is -2.12. The Morgan fingerprint density at radius 3 is 2.40 bits per heavy atom. The second-order valence-electron chi connectivity index (χ2n) is 5.77. The molecule has 3 rings (SSSR count). The normalized spacial score (nSPS) is 17.3. The van der Waals surface area contributed by atoms with Crippen LogP contribution in [0.3, 0.4) is 0 Å². The third kappa shape index (κ3) is 4.51. The van der Waals surface area contributed by atoms with Crippen LogP contribution >= 0.6 is 0 Å². The van der Waals surface area contributed by atoms with Gasteiger partial charge in [0.25, 0.3) is 5.91 Å². The highest BCUT2D eigenvalue weighted by molar-refractivity contribution is 5.94. The highest BCUT2D eigenvalue weighted by Gasteiger charge is 2.30. The van der Waals surface area contributed by atoms with Gasteiger partial charge in [-0.2, -0.15) is 13.2 Å². The molecular formula is C18H17F3N2O2. The maximum absolute atomic E-state index is 12.7. The second kappa shape index (κ2) is 7.14. The maximum atomic E-state index is 12.7. The van der Waals surface area contributed by atoms with Gasteiger partial charge in [-0.3, -0.25) is 4.79 Å². The Bertz CT molecular complexity index is 739. The fourth-order valence-electron chi connectivity index (χ4n) is 2.58. The van der Waals surface area contributed by atoms with Crippen LogP contribution in [0.4, 0.5) is 30.2 Å². The van der Waals surface area contributed by atoms with Gasteiger partial charge >= 0.3 is 6.18 Å². The molecule has 4 nitrogen and oxygen atoms in total. The van der Waals surface area contributed by atoms with Gasteiger partial charge in [-0.1, -0.05) is 6.07 Å². The van der Waals surface area contributed by atoms with Crippen LogP contribution in [0.5, 0.6) is 0 Å². The lowest BCUT2D eigenvalue weighted by molar-refractivity contribution is -0.137. The summed E-state index contributed by atoms with van der Waals surface area (Å²) in [5, 5.41) is 5.68. The number of halogens is 3. The highest BCUT2D eigenvalue weighted by Crippen LogP contribution is 2.31. The van der Waals surface area contributed by atoms with Gasteiger partial charge in [0.2, 0.25) is 0 Å². The van der Waals surface area contributed by atoms with Crippen LogP contribution in [-0.4, -0.2) is 18.6 Å². The second-order valence-corrected chi connectivity index (χ2v) is 5.77. The van der Waals surface area contributed by atoms with E-state index in [1.807, 2.05) is 0 Å². The summed E-state index contributed by atoms with van der Waals surface area (Å²) < 4.78 is 43.5. The number of benzene rings is 2. The van der Waals surface area contributed by atoms with Crippen molar-refractivity contribution in [3.05, 3.63) is 54.1 Å². The average Bonchev–Trinajstić information content (AvgIpc) is 3.11. The van der Waals surface area contributed by atoms with Gasteiger partial charge in [-0.25, -0.2) is 0 Å². The van der Waals surface area contributed by atoms with E-state index in [0.717, 1.165) is 18.6 Å². The number of hydrogen-bond acceptors (Lipinski definition) is 3. The molecule has 0 saturated carbocycles. The van der Waals surface area contributed by atoms with E-state index < -0.39 is 17.8 Å². The zero-order chi connectivity index (χ0) is 17.9. The van der Waals surface area contributed by atoms with Gasteiger partial charge in [0.15, 0.2) is 0 Å². The molecule has 1 unspecified atom stereocenters. The van der Waals surface area contributed by atoms with Crippen LogP contribution in [0.25, 0.3) is 0 Å². The number of carbonyl (C=O) groups is 1. The third-order valence-corrected chi connectivity index (χ3v) is 3.85. The zero-order valence-electron chi connectivity index (χ0n) is 13.3. The fourth-order valence-corrected chi connectivity index (χ4v) is 2.58. The summed E-state index contributed by atoms with van der Waals surface area (Å²) in [6.07, 6.45) is -3.21. The van der Waals surface area contributed by atoms with Crippen LogP contribution in [0.1, 0.15) is 18.4 Å². The number of carbonyl (C=O) groups excluding carboxylic acids is 1. The van der Waals surface area contributed by atoms with Crippen molar-refractivity contribution < 1.29 is 22.7 Å². The van der Waals surface area contributed by atoms with Gasteiger partial charge in [0, 0.05) is 23.7 Å². The Morgan fingerprint density at radius 2 is 1.76 bits per heavy atom. The Kier molecular flexibility index (Phi) is 4.94. The molecule has 1 heterocycles. The van der Waals surface area contributed by atoms with Crippen molar-refractivity contribution in [3.63, 3.8) is 0 Å². The molecular weight excluding hydrogens is 333 g/mol. The molecule has 0 bridgehead atoms. The fraction of sp³-hybridized carbons (Fsp3) is 0.278. The first-order chi connectivity index (χ1) is 11.9. The number of anilines is 3. The Hall–Kier alpha value is -2.54. The molecule has 0 radical (unpaired) electrons. The van der Waals surface area contributed by atoms with E-state index in [2.05, 4.69) is 10.6 Å². The van der Waals surface area contributed by atoms with Gasteiger partial charge in [-0.15, -0.1) is 0 Å². The predicted molar refractivity (Wildman–Crippen MR) is 88.8 cm³/mol. The van der Waals surface area contributed by atoms with E-state index in [-0.39, 0.29) is 5.91 Å². The Labute approximate surface area is 143 Å². The predicted octanol–water partition coefficient (Wildman–Crippen LogP) is 4.57. The lowest BCUT2D eigenvalue weighted by Crippen LogP contribution is -2.26. The van der Waals surface area contributed by atoms with Crippen molar-refractivity contribution in [1.82, 2.24) is 0 Å². The minimum Gasteiger partial charge on any atom is -0.368 e. The summed E-state index contributed by atoms with van der Waals surface area (Å²) in [6.45, 7) is 0.595. The van der Waals surface area contributed by atoms with Crippen LogP contribution in [-0.2, 0) is 15.7 Å². The molecule has 132 valence electrons. The largest absolute Gasteiger partial charge is 0.416 e. The van der Waals surface area contributed by atoms with Crippen LogP contribution in [0.15, 0.2) is 48.5 Å². The summed E-state index contributed by atoms with van der Waals surface area (Å²) in [4.78, 5) is 12.0. The number of nitrogens with one attached hydrogen (secondary N) is 2. The molecule has 0 aromatic heterocycles. The van der Waals surface area contributed by atoms with Crippen molar-refractivity contribution in [2.24, 2.45) is 0 Å². The molecule has 0 aliphatic carbocycles. The monoisotopic (exact) mass is 350 g/mol. The van der Waals surface area contributed by atoms with Crippen LogP contribution in [0, 0.1) is 0 Å². The number of rotatable bonds is 4. The summed E-state index contributed by atoms with van der Waals surface area (Å²) in [5.74, 6) is -0.184. The molecule has 0 spiro atoms. The first-order valence-corrected chi connectivity index (χ1v) is 7.89. The van der Waals surface area contributed by atoms with E-state index in [0.29, 0.717) is 30.1 Å². The van der Waals surface area contributed by atoms with Crippen molar-refractivity contribution in [2.45, 2.75) is 25.1 Å². The Balaban J connectivity index is 1.63. The van der Waals surface area contributed by atoms with Crippen LogP contribution < -0.4 is 10.6 Å². The van der Waals surface area contributed by atoms with Gasteiger partial charge in [0.1, 0.15) is 6.10 Å². The van der Waals surface area contributed by atoms with E-state index in [1.54, 1.807) is 30.3 Å². The summed E-state index contributed by atoms with van der Waals surface area (Å²) in [6, 6.07) is 11.7. The van der Waals surface area contributed by atoms with Crippen molar-refractivity contribution in [1.29, 1.82) is 0 Å². The minimum atomic E-state index is -4.38. The van der Waals surface area contributed by atoms with E-state index in [4.69, 9.17) is 4.74 Å². The first-order valence-electron chi connectivity index (χ1n) is 7.89. The molecule has 2 aromatic rings. The quantitative estimate of drug-likeness (QED) is 0.849. The molecule has 2 N–H and O–H groups in total. The Morgan fingerprint density at radius 1 is 1.04 bits per heavy atom. The maximum Gasteiger partial charge on any atom is 0.416 e. The van der Waals surface area contributed by atoms with E-state index in [1.165, 1.54) is 6.07 Å². The van der Waals surface area contributed by atoms with Crippen molar-refractivity contribution in [3.8, 4) is 0 Å². The van der Waals surface area contributed by atoms with Gasteiger partial charge in [0.05, 0.1) is 5.56 Å². The zero-order valence-corrected chi connectivity index (χ0v) is 13.3. The summed E-state index contributed by atoms with van der Waals surface area (Å²) >= 11 is 0. The smallest absolute Gasteiger partial charge is 0.368 e. The van der Waals surface area contributed by atoms with Gasteiger partial charge < -0.3 is 15.4 Å². The summed E-state index contributed by atoms with van der Waals surface area (Å²) in [5.41, 5.74) is 0.855. The molecule has 1 aliphatic heterocycles.